The average molecular weight is 259 g/mol. The molecule has 1 aromatic rings. The Kier molecular flexibility index (Phi) is 3.86. The zero-order valence-corrected chi connectivity index (χ0v) is 10.3. The van der Waals surface area contributed by atoms with E-state index in [-0.39, 0.29) is 11.9 Å². The van der Waals surface area contributed by atoms with Gasteiger partial charge in [-0.2, -0.15) is 13.1 Å². The minimum atomic E-state index is -3.51. The van der Waals surface area contributed by atoms with Gasteiger partial charge in [0.1, 0.15) is 0 Å². The van der Waals surface area contributed by atoms with Gasteiger partial charge < -0.3 is 0 Å². The molecule has 1 unspecified atom stereocenters. The lowest BCUT2D eigenvalue weighted by atomic mass is 10.3. The first-order chi connectivity index (χ1) is 7.66. The highest BCUT2D eigenvalue weighted by atomic mass is 32.2. The van der Waals surface area contributed by atoms with Gasteiger partial charge in [0.15, 0.2) is 0 Å². The molecule has 1 N–H and O–H groups in total. The van der Waals surface area contributed by atoms with Crippen LogP contribution < -0.4 is 4.72 Å². The van der Waals surface area contributed by atoms with Crippen LogP contribution in [0.25, 0.3) is 0 Å². The van der Waals surface area contributed by atoms with Crippen molar-refractivity contribution in [3.63, 3.8) is 0 Å². The van der Waals surface area contributed by atoms with E-state index in [2.05, 4.69) is 4.72 Å². The number of hydrogen-bond acceptors (Lipinski definition) is 4. The standard InChI is InChI=1S/C10H13NO3S2/c12-16(13)11-8-10(6-7-14-16)15-9-4-2-1-3-5-9/h1-5,10-11H,6-8H2. The van der Waals surface area contributed by atoms with Crippen LogP contribution in [0.15, 0.2) is 35.2 Å². The summed E-state index contributed by atoms with van der Waals surface area (Å²) >= 11 is 1.67. The minimum Gasteiger partial charge on any atom is -0.258 e. The highest BCUT2D eigenvalue weighted by Crippen LogP contribution is 2.25. The minimum absolute atomic E-state index is 0.222. The first kappa shape index (κ1) is 11.9. The molecule has 2 rings (SSSR count). The quantitative estimate of drug-likeness (QED) is 0.872. The van der Waals surface area contributed by atoms with Crippen molar-refractivity contribution < 1.29 is 12.6 Å². The van der Waals surface area contributed by atoms with Crippen molar-refractivity contribution >= 4 is 22.1 Å². The molecule has 0 saturated carbocycles. The third kappa shape index (κ3) is 3.48. The third-order valence-corrected chi connectivity index (χ3v) is 4.49. The summed E-state index contributed by atoms with van der Waals surface area (Å²) in [5, 5.41) is 0.222. The maximum atomic E-state index is 11.1. The fraction of sp³-hybridized carbons (Fsp3) is 0.400. The molecule has 0 bridgehead atoms. The van der Waals surface area contributed by atoms with Crippen LogP contribution in [-0.4, -0.2) is 26.8 Å². The Hall–Kier alpha value is -0.560. The molecule has 1 fully saturated rings. The monoisotopic (exact) mass is 259 g/mol. The van der Waals surface area contributed by atoms with Crippen molar-refractivity contribution in [1.82, 2.24) is 4.72 Å². The number of hydrogen-bond donors (Lipinski definition) is 1. The Morgan fingerprint density at radius 3 is 2.81 bits per heavy atom. The maximum Gasteiger partial charge on any atom is 0.335 e. The zero-order chi connectivity index (χ0) is 11.4. The lowest BCUT2D eigenvalue weighted by Crippen LogP contribution is -2.27. The molecule has 1 atom stereocenters. The largest absolute Gasteiger partial charge is 0.335 e. The summed E-state index contributed by atoms with van der Waals surface area (Å²) in [6.45, 7) is 0.668. The molecular weight excluding hydrogens is 246 g/mol. The molecule has 1 aliphatic heterocycles. The van der Waals surface area contributed by atoms with Gasteiger partial charge >= 0.3 is 10.3 Å². The van der Waals surface area contributed by atoms with Gasteiger partial charge in [-0.25, -0.2) is 0 Å². The van der Waals surface area contributed by atoms with E-state index in [1.165, 1.54) is 0 Å². The Labute approximate surface area is 99.6 Å². The van der Waals surface area contributed by atoms with Crippen molar-refractivity contribution in [3.8, 4) is 0 Å². The molecule has 0 aromatic heterocycles. The van der Waals surface area contributed by atoms with Crippen LogP contribution >= 0.6 is 11.8 Å². The summed E-state index contributed by atoms with van der Waals surface area (Å²) in [5.41, 5.74) is 0. The van der Waals surface area contributed by atoms with Crippen molar-refractivity contribution in [3.05, 3.63) is 30.3 Å². The second-order valence-electron chi connectivity index (χ2n) is 3.47. The van der Waals surface area contributed by atoms with Gasteiger partial charge in [0.25, 0.3) is 0 Å². The SMILES string of the molecule is O=S1(=O)NCC(Sc2ccccc2)CCO1. The van der Waals surface area contributed by atoms with Crippen molar-refractivity contribution in [2.24, 2.45) is 0 Å². The van der Waals surface area contributed by atoms with Crippen LogP contribution in [-0.2, 0) is 14.5 Å². The van der Waals surface area contributed by atoms with E-state index in [1.54, 1.807) is 11.8 Å². The second-order valence-corrected chi connectivity index (χ2v) is 6.27. The fourth-order valence-corrected chi connectivity index (χ4v) is 3.41. The number of rotatable bonds is 2. The fourth-order valence-electron chi connectivity index (χ4n) is 1.42. The van der Waals surface area contributed by atoms with E-state index in [1.807, 2.05) is 30.3 Å². The summed E-state index contributed by atoms with van der Waals surface area (Å²) in [7, 11) is -3.51. The summed E-state index contributed by atoms with van der Waals surface area (Å²) in [6.07, 6.45) is 0.728. The molecule has 16 heavy (non-hydrogen) atoms. The lowest BCUT2D eigenvalue weighted by molar-refractivity contribution is 0.319. The zero-order valence-electron chi connectivity index (χ0n) is 8.63. The molecule has 88 valence electrons. The van der Waals surface area contributed by atoms with Crippen LogP contribution in [0, 0.1) is 0 Å². The van der Waals surface area contributed by atoms with Gasteiger partial charge in [-0.3, -0.25) is 4.18 Å². The van der Waals surface area contributed by atoms with E-state index >= 15 is 0 Å². The molecule has 1 heterocycles. The van der Waals surface area contributed by atoms with E-state index in [0.717, 1.165) is 11.3 Å². The van der Waals surface area contributed by atoms with Crippen LogP contribution in [0.3, 0.4) is 0 Å². The van der Waals surface area contributed by atoms with Crippen LogP contribution in [0.5, 0.6) is 0 Å². The molecule has 0 spiro atoms. The molecule has 1 aliphatic rings. The topological polar surface area (TPSA) is 55.4 Å². The molecule has 1 saturated heterocycles. The Bertz CT molecular complexity index is 433. The average Bonchev–Trinajstić information content (AvgIpc) is 2.42. The van der Waals surface area contributed by atoms with Gasteiger partial charge in [-0.15, -0.1) is 11.8 Å². The van der Waals surface area contributed by atoms with Crippen molar-refractivity contribution in [2.45, 2.75) is 16.6 Å². The van der Waals surface area contributed by atoms with Gasteiger partial charge in [-0.05, 0) is 18.6 Å². The van der Waals surface area contributed by atoms with Crippen molar-refractivity contribution in [2.75, 3.05) is 13.2 Å². The molecule has 0 aliphatic carbocycles. The summed E-state index contributed by atoms with van der Waals surface area (Å²) < 4.78 is 29.4. The molecule has 1 aromatic carbocycles. The number of nitrogens with one attached hydrogen (secondary N) is 1. The summed E-state index contributed by atoms with van der Waals surface area (Å²) in [5.74, 6) is 0. The first-order valence-corrected chi connectivity index (χ1v) is 7.30. The first-order valence-electron chi connectivity index (χ1n) is 5.01. The molecule has 0 radical (unpaired) electrons. The summed E-state index contributed by atoms with van der Waals surface area (Å²) in [4.78, 5) is 1.15. The van der Waals surface area contributed by atoms with Gasteiger partial charge in [0.05, 0.1) is 6.61 Å². The van der Waals surface area contributed by atoms with Crippen LogP contribution in [0.1, 0.15) is 6.42 Å². The predicted octanol–water partition coefficient (Wildman–Crippen LogP) is 1.40. The Morgan fingerprint density at radius 2 is 2.06 bits per heavy atom. The maximum absolute atomic E-state index is 11.1. The van der Waals surface area contributed by atoms with E-state index in [4.69, 9.17) is 4.18 Å². The normalized spacial score (nSPS) is 24.9. The van der Waals surface area contributed by atoms with Crippen LogP contribution in [0.4, 0.5) is 0 Å². The number of benzene rings is 1. The summed E-state index contributed by atoms with van der Waals surface area (Å²) in [6, 6.07) is 9.94. The molecule has 4 nitrogen and oxygen atoms in total. The molecule has 6 heteroatoms. The predicted molar refractivity (Wildman–Crippen MR) is 63.6 cm³/mol. The molecular formula is C10H13NO3S2. The Morgan fingerprint density at radius 1 is 1.31 bits per heavy atom. The highest BCUT2D eigenvalue weighted by molar-refractivity contribution is 8.00. The van der Waals surface area contributed by atoms with Gasteiger partial charge in [-0.1, -0.05) is 18.2 Å². The Balaban J connectivity index is 1.97. The van der Waals surface area contributed by atoms with Crippen molar-refractivity contribution in [1.29, 1.82) is 0 Å². The number of thioether (sulfide) groups is 1. The molecule has 0 amide bonds. The third-order valence-electron chi connectivity index (χ3n) is 2.21. The van der Waals surface area contributed by atoms with E-state index in [9.17, 15) is 8.42 Å². The van der Waals surface area contributed by atoms with Gasteiger partial charge in [0.2, 0.25) is 0 Å². The van der Waals surface area contributed by atoms with E-state index < -0.39 is 10.3 Å². The lowest BCUT2D eigenvalue weighted by Gasteiger charge is -2.11. The highest BCUT2D eigenvalue weighted by Gasteiger charge is 2.21. The smallest absolute Gasteiger partial charge is 0.258 e. The second kappa shape index (κ2) is 5.18. The van der Waals surface area contributed by atoms with Crippen LogP contribution in [0.2, 0.25) is 0 Å². The van der Waals surface area contributed by atoms with Gasteiger partial charge in [0, 0.05) is 16.7 Å². The van der Waals surface area contributed by atoms with E-state index in [0.29, 0.717) is 6.54 Å².